The first kappa shape index (κ1) is 19.7. The second-order valence-corrected chi connectivity index (χ2v) is 6.48. The molecule has 0 fully saturated rings. The molecule has 0 aliphatic heterocycles. The third kappa shape index (κ3) is 6.37. The Morgan fingerprint density at radius 1 is 0.923 bits per heavy atom. The first-order chi connectivity index (χ1) is 12.7. The molecule has 0 aromatic heterocycles. The normalized spacial score (nSPS) is 10.3. The Balaban J connectivity index is 1.88. The maximum Gasteiger partial charge on any atom is 0.338 e. The van der Waals surface area contributed by atoms with Gasteiger partial charge in [0.1, 0.15) is 6.61 Å². The van der Waals surface area contributed by atoms with Crippen LogP contribution in [0.4, 0.5) is 0 Å². The van der Waals surface area contributed by atoms with Gasteiger partial charge >= 0.3 is 5.97 Å². The van der Waals surface area contributed by atoms with Gasteiger partial charge in [0, 0.05) is 0 Å². The van der Waals surface area contributed by atoms with Crippen LogP contribution in [-0.2, 0) is 11.2 Å². The van der Waals surface area contributed by atoms with Gasteiger partial charge in [0.25, 0.3) is 0 Å². The van der Waals surface area contributed by atoms with E-state index in [0.717, 1.165) is 17.5 Å². The minimum absolute atomic E-state index is 0.136. The zero-order valence-corrected chi connectivity index (χ0v) is 15.5. The van der Waals surface area contributed by atoms with Gasteiger partial charge in [0.2, 0.25) is 0 Å². The Labute approximate surface area is 156 Å². The van der Waals surface area contributed by atoms with Crippen molar-refractivity contribution in [2.75, 3.05) is 6.61 Å². The highest BCUT2D eigenvalue weighted by Gasteiger charge is 2.07. The number of aryl methyl sites for hydroxylation is 1. The van der Waals surface area contributed by atoms with Crippen LogP contribution >= 0.6 is 0 Å². The summed E-state index contributed by atoms with van der Waals surface area (Å²) in [4.78, 5) is 11.8. The molecule has 0 N–H and O–H groups in total. The number of carbonyl (C=O) groups is 1. The van der Waals surface area contributed by atoms with E-state index in [4.69, 9.17) is 10.00 Å². The van der Waals surface area contributed by atoms with Crippen molar-refractivity contribution < 1.29 is 9.53 Å². The van der Waals surface area contributed by atoms with E-state index in [1.807, 2.05) is 18.2 Å². The molecule has 3 nitrogen and oxygen atoms in total. The number of carbonyl (C=O) groups excluding carboxylic acids is 1. The molecule has 0 saturated heterocycles. The van der Waals surface area contributed by atoms with E-state index < -0.39 is 0 Å². The molecule has 0 spiro atoms. The van der Waals surface area contributed by atoms with Crippen molar-refractivity contribution in [1.82, 2.24) is 0 Å². The number of nitriles is 1. The van der Waals surface area contributed by atoms with Crippen molar-refractivity contribution in [2.24, 2.45) is 0 Å². The van der Waals surface area contributed by atoms with Gasteiger partial charge in [0.05, 0.1) is 18.1 Å². The third-order valence-corrected chi connectivity index (χ3v) is 4.42. The van der Waals surface area contributed by atoms with E-state index in [1.165, 1.54) is 37.7 Å². The molecule has 0 amide bonds. The van der Waals surface area contributed by atoms with Crippen LogP contribution in [0.15, 0.2) is 48.5 Å². The fraction of sp³-hybridized carbons (Fsp3) is 0.391. The van der Waals surface area contributed by atoms with Crippen molar-refractivity contribution in [3.63, 3.8) is 0 Å². The zero-order valence-electron chi connectivity index (χ0n) is 15.5. The first-order valence-corrected chi connectivity index (χ1v) is 9.48. The Kier molecular flexibility index (Phi) is 8.42. The predicted molar refractivity (Wildman–Crippen MR) is 105 cm³/mol. The number of unbranched alkanes of at least 4 members (excludes halogenated alkanes) is 4. The summed E-state index contributed by atoms with van der Waals surface area (Å²) >= 11 is 0. The number of benzene rings is 2. The average molecular weight is 349 g/mol. The van der Waals surface area contributed by atoms with E-state index in [0.29, 0.717) is 5.56 Å². The molecular weight excluding hydrogens is 322 g/mol. The molecule has 0 aliphatic rings. The molecule has 0 unspecified atom stereocenters. The highest BCUT2D eigenvalue weighted by Crippen LogP contribution is 2.21. The van der Waals surface area contributed by atoms with E-state index in [2.05, 4.69) is 31.2 Å². The maximum absolute atomic E-state index is 11.8. The maximum atomic E-state index is 11.8. The summed E-state index contributed by atoms with van der Waals surface area (Å²) in [5.74, 6) is -0.384. The molecule has 2 aromatic rings. The van der Waals surface area contributed by atoms with Gasteiger partial charge < -0.3 is 4.74 Å². The number of esters is 1. The van der Waals surface area contributed by atoms with Crippen LogP contribution in [0.3, 0.4) is 0 Å². The SMILES string of the molecule is CCCCCCCc1ccc(-c2ccc(C(=O)OCCC#N)cc2)cc1. The average Bonchev–Trinajstić information content (AvgIpc) is 2.68. The quantitative estimate of drug-likeness (QED) is 0.394. The lowest BCUT2D eigenvalue weighted by atomic mass is 10.00. The molecule has 0 atom stereocenters. The summed E-state index contributed by atoms with van der Waals surface area (Å²) in [6.45, 7) is 2.37. The van der Waals surface area contributed by atoms with Crippen LogP contribution in [-0.4, -0.2) is 12.6 Å². The monoisotopic (exact) mass is 349 g/mol. The van der Waals surface area contributed by atoms with Crippen LogP contribution in [0.25, 0.3) is 11.1 Å². The molecule has 0 heterocycles. The molecule has 0 saturated carbocycles. The second-order valence-electron chi connectivity index (χ2n) is 6.48. The molecule has 0 radical (unpaired) electrons. The van der Waals surface area contributed by atoms with E-state index in [9.17, 15) is 4.79 Å². The first-order valence-electron chi connectivity index (χ1n) is 9.48. The van der Waals surface area contributed by atoms with Gasteiger partial charge in [-0.1, -0.05) is 69.0 Å². The van der Waals surface area contributed by atoms with Crippen LogP contribution < -0.4 is 0 Å². The lowest BCUT2D eigenvalue weighted by Gasteiger charge is -2.06. The summed E-state index contributed by atoms with van der Waals surface area (Å²) in [5, 5.41) is 8.47. The molecule has 2 rings (SSSR count). The van der Waals surface area contributed by atoms with Crippen molar-refractivity contribution in [3.8, 4) is 17.2 Å². The third-order valence-electron chi connectivity index (χ3n) is 4.42. The molecule has 0 bridgehead atoms. The van der Waals surface area contributed by atoms with E-state index in [1.54, 1.807) is 12.1 Å². The topological polar surface area (TPSA) is 50.1 Å². The fourth-order valence-electron chi connectivity index (χ4n) is 2.87. The van der Waals surface area contributed by atoms with Crippen LogP contribution in [0.2, 0.25) is 0 Å². The number of ether oxygens (including phenoxy) is 1. The molecule has 26 heavy (non-hydrogen) atoms. The smallest absolute Gasteiger partial charge is 0.338 e. The molecule has 136 valence electrons. The van der Waals surface area contributed by atoms with Gasteiger partial charge in [-0.15, -0.1) is 0 Å². The predicted octanol–water partition coefficient (Wildman–Crippen LogP) is 5.94. The molecule has 3 heteroatoms. The van der Waals surface area contributed by atoms with Crippen molar-refractivity contribution in [2.45, 2.75) is 51.9 Å². The van der Waals surface area contributed by atoms with Crippen molar-refractivity contribution in [3.05, 3.63) is 59.7 Å². The molecular formula is C23H27NO2. The fourth-order valence-corrected chi connectivity index (χ4v) is 2.87. The highest BCUT2D eigenvalue weighted by molar-refractivity contribution is 5.90. The van der Waals surface area contributed by atoms with Crippen LogP contribution in [0.1, 0.15) is 61.4 Å². The summed E-state index contributed by atoms with van der Waals surface area (Å²) < 4.78 is 5.03. The van der Waals surface area contributed by atoms with Gasteiger partial charge in [-0.2, -0.15) is 5.26 Å². The van der Waals surface area contributed by atoms with Gasteiger partial charge in [0.15, 0.2) is 0 Å². The van der Waals surface area contributed by atoms with Crippen LogP contribution in [0.5, 0.6) is 0 Å². The van der Waals surface area contributed by atoms with Crippen molar-refractivity contribution >= 4 is 5.97 Å². The lowest BCUT2D eigenvalue weighted by molar-refractivity contribution is 0.0513. The number of rotatable bonds is 10. The van der Waals surface area contributed by atoms with Crippen LogP contribution in [0, 0.1) is 11.3 Å². The minimum Gasteiger partial charge on any atom is -0.461 e. The zero-order chi connectivity index (χ0) is 18.6. The Morgan fingerprint density at radius 3 is 2.15 bits per heavy atom. The Hall–Kier alpha value is -2.60. The van der Waals surface area contributed by atoms with Gasteiger partial charge in [-0.25, -0.2) is 4.79 Å². The number of hydrogen-bond acceptors (Lipinski definition) is 3. The highest BCUT2D eigenvalue weighted by atomic mass is 16.5. The van der Waals surface area contributed by atoms with Gasteiger partial charge in [-0.05, 0) is 41.7 Å². The number of nitrogens with zero attached hydrogens (tertiary/aromatic N) is 1. The summed E-state index contributed by atoms with van der Waals surface area (Å²) in [5.41, 5.74) is 4.11. The molecule has 2 aromatic carbocycles. The van der Waals surface area contributed by atoms with Crippen molar-refractivity contribution in [1.29, 1.82) is 5.26 Å². The summed E-state index contributed by atoms with van der Waals surface area (Å²) in [6, 6.07) is 18.0. The summed E-state index contributed by atoms with van der Waals surface area (Å²) in [6.07, 6.45) is 7.86. The standard InChI is InChI=1S/C23H27NO2/c1-2-3-4-5-6-8-19-9-11-20(12-10-19)21-13-15-22(16-14-21)23(25)26-18-7-17-24/h9-16H,2-8,18H2,1H3. The molecule has 0 aliphatic carbocycles. The van der Waals surface area contributed by atoms with E-state index in [-0.39, 0.29) is 19.0 Å². The Morgan fingerprint density at radius 2 is 1.54 bits per heavy atom. The number of hydrogen-bond donors (Lipinski definition) is 0. The second kappa shape index (κ2) is 11.1. The largest absolute Gasteiger partial charge is 0.461 e. The van der Waals surface area contributed by atoms with Gasteiger partial charge in [-0.3, -0.25) is 0 Å². The lowest BCUT2D eigenvalue weighted by Crippen LogP contribution is -2.05. The Bertz CT molecular complexity index is 711. The minimum atomic E-state index is -0.384. The summed E-state index contributed by atoms with van der Waals surface area (Å²) in [7, 11) is 0. The van der Waals surface area contributed by atoms with E-state index >= 15 is 0 Å².